The second-order valence-corrected chi connectivity index (χ2v) is 5.00. The van der Waals surface area contributed by atoms with E-state index in [0.29, 0.717) is 23.4 Å². The number of hydrogen-bond donors (Lipinski definition) is 2. The lowest BCUT2D eigenvalue weighted by atomic mass is 10.1. The maximum Gasteiger partial charge on any atom is 0.129 e. The molecule has 4 heteroatoms. The number of nitrogens with zero attached hydrogens (tertiary/aromatic N) is 1. The highest BCUT2D eigenvalue weighted by Gasteiger charge is 2.07. The van der Waals surface area contributed by atoms with Gasteiger partial charge in [0, 0.05) is 29.5 Å². The van der Waals surface area contributed by atoms with Gasteiger partial charge in [-0.1, -0.05) is 12.1 Å². The van der Waals surface area contributed by atoms with Crippen LogP contribution in [0.4, 0.5) is 10.1 Å². The second kappa shape index (κ2) is 5.29. The molecular formula is C17H14FN3. The van der Waals surface area contributed by atoms with Crippen LogP contribution in [-0.4, -0.2) is 4.98 Å². The number of nitriles is 1. The van der Waals surface area contributed by atoms with Crippen molar-refractivity contribution in [3.8, 4) is 6.07 Å². The van der Waals surface area contributed by atoms with E-state index in [-0.39, 0.29) is 5.82 Å². The standard InChI is InChI=1S/C17H14FN3/c1-11-15(18)6-13(9-19)8-16(11)21-10-12-2-3-14-4-5-20-17(14)7-12/h2-8,20-21H,10H2,1H3. The van der Waals surface area contributed by atoms with Crippen LogP contribution >= 0.6 is 0 Å². The topological polar surface area (TPSA) is 51.6 Å². The van der Waals surface area contributed by atoms with Crippen molar-refractivity contribution in [2.24, 2.45) is 0 Å². The predicted molar refractivity (Wildman–Crippen MR) is 81.5 cm³/mol. The predicted octanol–water partition coefficient (Wildman–Crippen LogP) is 4.10. The Balaban J connectivity index is 1.84. The Hall–Kier alpha value is -2.80. The first kappa shape index (κ1) is 13.2. The summed E-state index contributed by atoms with van der Waals surface area (Å²) >= 11 is 0. The van der Waals surface area contributed by atoms with Crippen LogP contribution in [0.15, 0.2) is 42.6 Å². The number of aromatic amines is 1. The van der Waals surface area contributed by atoms with Gasteiger partial charge in [0.25, 0.3) is 0 Å². The van der Waals surface area contributed by atoms with Crippen LogP contribution in [0, 0.1) is 24.1 Å². The van der Waals surface area contributed by atoms with Gasteiger partial charge >= 0.3 is 0 Å². The van der Waals surface area contributed by atoms with E-state index in [9.17, 15) is 4.39 Å². The van der Waals surface area contributed by atoms with Crippen molar-refractivity contribution in [1.82, 2.24) is 4.98 Å². The molecule has 3 rings (SSSR count). The van der Waals surface area contributed by atoms with Crippen LogP contribution < -0.4 is 5.32 Å². The monoisotopic (exact) mass is 279 g/mol. The molecule has 2 aromatic carbocycles. The van der Waals surface area contributed by atoms with E-state index in [1.807, 2.05) is 30.5 Å². The molecule has 3 aromatic rings. The molecule has 0 fully saturated rings. The Morgan fingerprint density at radius 3 is 2.90 bits per heavy atom. The van der Waals surface area contributed by atoms with Crippen LogP contribution in [0.3, 0.4) is 0 Å². The molecule has 0 saturated carbocycles. The molecule has 3 nitrogen and oxygen atoms in total. The molecule has 0 unspecified atom stereocenters. The van der Waals surface area contributed by atoms with Crippen LogP contribution in [0.2, 0.25) is 0 Å². The first-order chi connectivity index (χ1) is 10.2. The Kier molecular flexibility index (Phi) is 3.33. The lowest BCUT2D eigenvalue weighted by Crippen LogP contribution is -2.03. The van der Waals surface area contributed by atoms with E-state index in [2.05, 4.69) is 16.4 Å². The molecule has 0 aliphatic rings. The largest absolute Gasteiger partial charge is 0.381 e. The third-order valence-electron chi connectivity index (χ3n) is 3.58. The van der Waals surface area contributed by atoms with Crippen molar-refractivity contribution in [3.63, 3.8) is 0 Å². The molecule has 0 radical (unpaired) electrons. The van der Waals surface area contributed by atoms with Crippen molar-refractivity contribution < 1.29 is 4.39 Å². The van der Waals surface area contributed by atoms with Gasteiger partial charge in [0.1, 0.15) is 5.82 Å². The van der Waals surface area contributed by atoms with Gasteiger partial charge in [-0.3, -0.25) is 0 Å². The molecule has 1 aromatic heterocycles. The summed E-state index contributed by atoms with van der Waals surface area (Å²) < 4.78 is 13.7. The van der Waals surface area contributed by atoms with Crippen molar-refractivity contribution in [2.75, 3.05) is 5.32 Å². The molecule has 0 bridgehead atoms. The maximum absolute atomic E-state index is 13.7. The average molecular weight is 279 g/mol. The smallest absolute Gasteiger partial charge is 0.129 e. The van der Waals surface area contributed by atoms with E-state index < -0.39 is 0 Å². The summed E-state index contributed by atoms with van der Waals surface area (Å²) in [7, 11) is 0. The number of nitrogens with one attached hydrogen (secondary N) is 2. The van der Waals surface area contributed by atoms with Gasteiger partial charge in [-0.2, -0.15) is 5.26 Å². The first-order valence-electron chi connectivity index (χ1n) is 6.67. The van der Waals surface area contributed by atoms with Gasteiger partial charge in [-0.15, -0.1) is 0 Å². The van der Waals surface area contributed by atoms with E-state index in [0.717, 1.165) is 16.5 Å². The van der Waals surface area contributed by atoms with E-state index in [4.69, 9.17) is 5.26 Å². The number of rotatable bonds is 3. The first-order valence-corrected chi connectivity index (χ1v) is 6.67. The lowest BCUT2D eigenvalue weighted by molar-refractivity contribution is 0.618. The minimum absolute atomic E-state index is 0.320. The molecule has 2 N–H and O–H groups in total. The highest BCUT2D eigenvalue weighted by atomic mass is 19.1. The lowest BCUT2D eigenvalue weighted by Gasteiger charge is -2.11. The third kappa shape index (κ3) is 2.59. The molecule has 21 heavy (non-hydrogen) atoms. The SMILES string of the molecule is Cc1c(F)cc(C#N)cc1NCc1ccc2cc[nH]c2c1. The number of fused-ring (bicyclic) bond motifs is 1. The Labute approximate surface area is 122 Å². The zero-order chi connectivity index (χ0) is 14.8. The number of anilines is 1. The highest BCUT2D eigenvalue weighted by molar-refractivity contribution is 5.79. The summed E-state index contributed by atoms with van der Waals surface area (Å²) in [5.74, 6) is -0.364. The minimum Gasteiger partial charge on any atom is -0.381 e. The molecule has 104 valence electrons. The zero-order valence-electron chi connectivity index (χ0n) is 11.6. The molecule has 0 saturated heterocycles. The Bertz CT molecular complexity index is 843. The Morgan fingerprint density at radius 2 is 2.10 bits per heavy atom. The normalized spacial score (nSPS) is 10.5. The van der Waals surface area contributed by atoms with E-state index in [1.54, 1.807) is 13.0 Å². The summed E-state index contributed by atoms with van der Waals surface area (Å²) in [5.41, 5.74) is 3.66. The fourth-order valence-corrected chi connectivity index (χ4v) is 2.33. The fraction of sp³-hybridized carbons (Fsp3) is 0.118. The van der Waals surface area contributed by atoms with Crippen molar-refractivity contribution in [3.05, 3.63) is 65.1 Å². The summed E-state index contributed by atoms with van der Waals surface area (Å²) in [5, 5.41) is 13.3. The van der Waals surface area contributed by atoms with Gasteiger partial charge in [0.2, 0.25) is 0 Å². The van der Waals surface area contributed by atoms with E-state index in [1.165, 1.54) is 6.07 Å². The maximum atomic E-state index is 13.7. The molecule has 0 spiro atoms. The van der Waals surface area contributed by atoms with Gasteiger partial charge in [0.05, 0.1) is 11.6 Å². The quantitative estimate of drug-likeness (QED) is 0.758. The van der Waals surface area contributed by atoms with Crippen molar-refractivity contribution >= 4 is 16.6 Å². The average Bonchev–Trinajstić information content (AvgIpc) is 2.96. The minimum atomic E-state index is -0.364. The van der Waals surface area contributed by atoms with Gasteiger partial charge in [-0.05, 0) is 42.1 Å². The number of H-pyrrole nitrogens is 1. The zero-order valence-corrected chi connectivity index (χ0v) is 11.6. The summed E-state index contributed by atoms with van der Waals surface area (Å²) in [6.07, 6.45) is 1.90. The van der Waals surface area contributed by atoms with E-state index >= 15 is 0 Å². The van der Waals surface area contributed by atoms with Crippen LogP contribution in [0.5, 0.6) is 0 Å². The van der Waals surface area contributed by atoms with Crippen LogP contribution in [0.1, 0.15) is 16.7 Å². The summed E-state index contributed by atoms with van der Waals surface area (Å²) in [4.78, 5) is 3.17. The molecular weight excluding hydrogens is 265 g/mol. The number of halogens is 1. The number of aromatic nitrogens is 1. The fourth-order valence-electron chi connectivity index (χ4n) is 2.33. The second-order valence-electron chi connectivity index (χ2n) is 5.00. The van der Waals surface area contributed by atoms with Gasteiger partial charge in [0.15, 0.2) is 0 Å². The van der Waals surface area contributed by atoms with Crippen LogP contribution in [0.25, 0.3) is 10.9 Å². The molecule has 0 aliphatic carbocycles. The third-order valence-corrected chi connectivity index (χ3v) is 3.58. The van der Waals surface area contributed by atoms with Gasteiger partial charge in [-0.25, -0.2) is 4.39 Å². The molecule has 0 atom stereocenters. The number of hydrogen-bond acceptors (Lipinski definition) is 2. The van der Waals surface area contributed by atoms with Crippen LogP contribution in [-0.2, 0) is 6.54 Å². The number of benzene rings is 2. The highest BCUT2D eigenvalue weighted by Crippen LogP contribution is 2.22. The Morgan fingerprint density at radius 1 is 1.24 bits per heavy atom. The van der Waals surface area contributed by atoms with Crippen molar-refractivity contribution in [1.29, 1.82) is 5.26 Å². The van der Waals surface area contributed by atoms with Crippen molar-refractivity contribution in [2.45, 2.75) is 13.5 Å². The van der Waals surface area contributed by atoms with Gasteiger partial charge < -0.3 is 10.3 Å². The molecule has 0 amide bonds. The molecule has 1 heterocycles. The summed E-state index contributed by atoms with van der Waals surface area (Å²) in [6, 6.07) is 13.0. The summed E-state index contributed by atoms with van der Waals surface area (Å²) in [6.45, 7) is 2.27. The molecule has 0 aliphatic heterocycles.